The van der Waals surface area contributed by atoms with Crippen LogP contribution in [0.5, 0.6) is 0 Å². The predicted octanol–water partition coefficient (Wildman–Crippen LogP) is 11.6. The third kappa shape index (κ3) is 3.70. The molecule has 0 aliphatic heterocycles. The fraction of sp³-hybridized carbons (Fsp3) is 1.00. The van der Waals surface area contributed by atoms with Crippen LogP contribution in [0.25, 0.3) is 0 Å². The molecule has 5 aliphatic carbocycles. The number of hydrogen-bond donors (Lipinski definition) is 0. The van der Waals surface area contributed by atoms with Crippen molar-refractivity contribution < 1.29 is 0 Å². The van der Waals surface area contributed by atoms with Gasteiger partial charge in [-0.1, -0.05) is 94.9 Å². The highest BCUT2D eigenvalue weighted by molar-refractivity contribution is 5.20. The van der Waals surface area contributed by atoms with Gasteiger partial charge < -0.3 is 0 Å². The van der Waals surface area contributed by atoms with Gasteiger partial charge in [0.2, 0.25) is 0 Å². The minimum Gasteiger partial charge on any atom is -0.0654 e. The molecule has 0 amide bonds. The summed E-state index contributed by atoms with van der Waals surface area (Å²) in [5, 5.41) is 0. The van der Waals surface area contributed by atoms with Gasteiger partial charge in [0.05, 0.1) is 0 Å². The van der Waals surface area contributed by atoms with Gasteiger partial charge in [-0.3, -0.25) is 0 Å². The maximum atomic E-state index is 2.90. The van der Waals surface area contributed by atoms with Gasteiger partial charge in [0.25, 0.3) is 0 Å². The van der Waals surface area contributed by atoms with Crippen LogP contribution < -0.4 is 0 Å². The molecule has 12 atom stereocenters. The van der Waals surface area contributed by atoms with Gasteiger partial charge >= 0.3 is 0 Å². The van der Waals surface area contributed by atoms with Crippen LogP contribution in [-0.4, -0.2) is 0 Å². The van der Waals surface area contributed by atoms with Gasteiger partial charge in [-0.05, 0) is 139 Å². The zero-order valence-corrected chi connectivity index (χ0v) is 27.0. The van der Waals surface area contributed by atoms with Crippen LogP contribution in [0.1, 0.15) is 159 Å². The van der Waals surface area contributed by atoms with E-state index in [1.807, 2.05) is 0 Å². The topological polar surface area (TPSA) is 0 Å². The van der Waals surface area contributed by atoms with Crippen LogP contribution in [-0.2, 0) is 0 Å². The van der Waals surface area contributed by atoms with E-state index in [2.05, 4.69) is 69.2 Å². The molecule has 214 valence electrons. The zero-order valence-electron chi connectivity index (χ0n) is 27.0. The smallest absolute Gasteiger partial charge is 0.0207 e. The second-order valence-electron chi connectivity index (χ2n) is 17.2. The SMILES string of the molecule is CCCC1CCC2(C)C(CC(CC)C3(C)C2CCC2C4C(C)C(C)CCC4(CCC)CCC23C)C1(C)C. The molecule has 5 aliphatic rings. The standard InChI is InChI=1S/C37H66/c1-11-14-28-18-20-34(8)30-16-15-29-32-26(5)25(4)17-21-37(32,19-12-2)23-22-35(29,9)36(30,10)27(13-3)24-31(34)33(28,6)7/h25-32H,11-24H2,1-10H3. The van der Waals surface area contributed by atoms with Gasteiger partial charge in [-0.15, -0.1) is 0 Å². The highest BCUT2D eigenvalue weighted by atomic mass is 14.8. The van der Waals surface area contributed by atoms with Crippen molar-refractivity contribution in [3.8, 4) is 0 Å². The van der Waals surface area contributed by atoms with Crippen LogP contribution in [0.15, 0.2) is 0 Å². The van der Waals surface area contributed by atoms with Crippen molar-refractivity contribution in [2.45, 2.75) is 159 Å². The van der Waals surface area contributed by atoms with Crippen molar-refractivity contribution in [1.29, 1.82) is 0 Å². The molecule has 0 heterocycles. The molecule has 37 heavy (non-hydrogen) atoms. The highest BCUT2D eigenvalue weighted by Crippen LogP contribution is 2.79. The van der Waals surface area contributed by atoms with Crippen molar-refractivity contribution in [2.75, 3.05) is 0 Å². The lowest BCUT2D eigenvalue weighted by molar-refractivity contribution is -0.276. The Morgan fingerprint density at radius 3 is 2.08 bits per heavy atom. The van der Waals surface area contributed by atoms with Crippen LogP contribution in [0.2, 0.25) is 0 Å². The summed E-state index contributed by atoms with van der Waals surface area (Å²) in [6.45, 7) is 26.8. The number of fused-ring (bicyclic) bond motifs is 7. The molecule has 5 saturated carbocycles. The van der Waals surface area contributed by atoms with Gasteiger partial charge in [0, 0.05) is 0 Å². The molecule has 5 fully saturated rings. The first-order valence-corrected chi connectivity index (χ1v) is 17.4. The van der Waals surface area contributed by atoms with E-state index in [0.717, 1.165) is 47.3 Å². The van der Waals surface area contributed by atoms with E-state index in [4.69, 9.17) is 0 Å². The Balaban J connectivity index is 1.57. The van der Waals surface area contributed by atoms with Crippen LogP contribution in [0, 0.1) is 74.4 Å². The zero-order chi connectivity index (χ0) is 27.0. The Morgan fingerprint density at radius 1 is 0.703 bits per heavy atom. The second-order valence-corrected chi connectivity index (χ2v) is 17.2. The lowest BCUT2D eigenvalue weighted by atomic mass is 9.28. The molecule has 5 rings (SSSR count). The third-order valence-corrected chi connectivity index (χ3v) is 16.2. The van der Waals surface area contributed by atoms with E-state index in [9.17, 15) is 0 Å². The van der Waals surface area contributed by atoms with Crippen LogP contribution in [0.4, 0.5) is 0 Å². The molecule has 0 N–H and O–H groups in total. The monoisotopic (exact) mass is 511 g/mol. The molecule has 0 nitrogen and oxygen atoms in total. The summed E-state index contributed by atoms with van der Waals surface area (Å²) in [7, 11) is 0. The van der Waals surface area contributed by atoms with E-state index < -0.39 is 0 Å². The van der Waals surface area contributed by atoms with Crippen molar-refractivity contribution >= 4 is 0 Å². The molecule has 0 bridgehead atoms. The lowest BCUT2D eigenvalue weighted by Gasteiger charge is -2.76. The second kappa shape index (κ2) is 9.54. The molecule has 0 spiro atoms. The first-order chi connectivity index (χ1) is 17.4. The molecule has 0 aromatic carbocycles. The molecular weight excluding hydrogens is 444 g/mol. The Hall–Kier alpha value is 0. The van der Waals surface area contributed by atoms with E-state index >= 15 is 0 Å². The Labute approximate surface area is 233 Å². The number of rotatable bonds is 5. The molecule has 0 radical (unpaired) electrons. The molecule has 0 aromatic rings. The quantitative estimate of drug-likeness (QED) is 0.345. The van der Waals surface area contributed by atoms with E-state index in [0.29, 0.717) is 27.1 Å². The summed E-state index contributed by atoms with van der Waals surface area (Å²) in [5.74, 6) is 7.49. The third-order valence-electron chi connectivity index (χ3n) is 16.2. The van der Waals surface area contributed by atoms with Crippen LogP contribution in [0.3, 0.4) is 0 Å². The van der Waals surface area contributed by atoms with E-state index in [1.54, 1.807) is 12.8 Å². The van der Waals surface area contributed by atoms with Gasteiger partial charge in [0.1, 0.15) is 0 Å². The largest absolute Gasteiger partial charge is 0.0654 e. The summed E-state index contributed by atoms with van der Waals surface area (Å²) in [5.41, 5.74) is 2.76. The maximum absolute atomic E-state index is 2.90. The highest BCUT2D eigenvalue weighted by Gasteiger charge is 2.72. The molecular formula is C37H66. The fourth-order valence-electron chi connectivity index (χ4n) is 14.1. The van der Waals surface area contributed by atoms with Crippen molar-refractivity contribution in [2.24, 2.45) is 74.4 Å². The van der Waals surface area contributed by atoms with Crippen LogP contribution >= 0.6 is 0 Å². The molecule has 0 heteroatoms. The summed E-state index contributed by atoms with van der Waals surface area (Å²) < 4.78 is 0. The fourth-order valence-corrected chi connectivity index (χ4v) is 14.1. The molecule has 12 unspecified atom stereocenters. The minimum atomic E-state index is 0.506. The van der Waals surface area contributed by atoms with E-state index in [1.165, 1.54) is 77.0 Å². The first-order valence-electron chi connectivity index (χ1n) is 17.4. The summed E-state index contributed by atoms with van der Waals surface area (Å²) >= 11 is 0. The molecule has 0 aromatic heterocycles. The van der Waals surface area contributed by atoms with Gasteiger partial charge in [-0.25, -0.2) is 0 Å². The predicted molar refractivity (Wildman–Crippen MR) is 161 cm³/mol. The Kier molecular flexibility index (Phi) is 7.35. The average Bonchev–Trinajstić information content (AvgIpc) is 2.84. The van der Waals surface area contributed by atoms with Gasteiger partial charge in [0.15, 0.2) is 0 Å². The maximum Gasteiger partial charge on any atom is -0.0207 e. The summed E-state index contributed by atoms with van der Waals surface area (Å²) in [6.07, 6.45) is 20.8. The number of hydrogen-bond acceptors (Lipinski definition) is 0. The Morgan fingerprint density at radius 2 is 1.43 bits per heavy atom. The van der Waals surface area contributed by atoms with Crippen molar-refractivity contribution in [3.05, 3.63) is 0 Å². The minimum absolute atomic E-state index is 0.506. The Bertz CT molecular complexity index is 824. The summed E-state index contributed by atoms with van der Waals surface area (Å²) in [4.78, 5) is 0. The molecule has 0 saturated heterocycles. The average molecular weight is 511 g/mol. The summed E-state index contributed by atoms with van der Waals surface area (Å²) in [6, 6.07) is 0. The van der Waals surface area contributed by atoms with Crippen molar-refractivity contribution in [3.63, 3.8) is 0 Å². The lowest BCUT2D eigenvalue weighted by Crippen LogP contribution is -2.69. The first kappa shape index (κ1) is 28.5. The van der Waals surface area contributed by atoms with Gasteiger partial charge in [-0.2, -0.15) is 0 Å². The van der Waals surface area contributed by atoms with E-state index in [-0.39, 0.29) is 0 Å². The van der Waals surface area contributed by atoms with Crippen molar-refractivity contribution in [1.82, 2.24) is 0 Å². The normalized spacial score (nSPS) is 55.0.